The number of pyridine rings is 1. The third kappa shape index (κ3) is 3.03. The summed E-state index contributed by atoms with van der Waals surface area (Å²) < 4.78 is 10.7. The molecule has 6 heteroatoms. The second kappa shape index (κ2) is 6.88. The molecule has 0 spiro atoms. The molecule has 5 rings (SSSR count). The number of nitrogens with zero attached hydrogens (tertiary/aromatic N) is 2. The molecule has 1 N–H and O–H groups in total. The van der Waals surface area contributed by atoms with E-state index in [4.69, 9.17) is 9.47 Å². The molecular weight excluding hydrogens is 354 g/mol. The highest BCUT2D eigenvalue weighted by Gasteiger charge is 2.20. The highest BCUT2D eigenvalue weighted by atomic mass is 16.7. The van der Waals surface area contributed by atoms with Crippen LogP contribution < -0.4 is 19.7 Å². The third-order valence-corrected chi connectivity index (χ3v) is 5.03. The summed E-state index contributed by atoms with van der Waals surface area (Å²) in [5.41, 5.74) is 4.51. The molecule has 0 fully saturated rings. The van der Waals surface area contributed by atoms with Gasteiger partial charge in [0.15, 0.2) is 11.5 Å². The molecule has 3 heterocycles. The van der Waals surface area contributed by atoms with Crippen LogP contribution in [-0.4, -0.2) is 24.2 Å². The molecule has 1 amide bonds. The van der Waals surface area contributed by atoms with Gasteiger partial charge >= 0.3 is 0 Å². The van der Waals surface area contributed by atoms with Crippen molar-refractivity contribution in [3.8, 4) is 11.5 Å². The number of hydrogen-bond donors (Lipinski definition) is 1. The summed E-state index contributed by atoms with van der Waals surface area (Å²) >= 11 is 0. The number of anilines is 3. The van der Waals surface area contributed by atoms with Crippen LogP contribution in [0, 0.1) is 0 Å². The minimum absolute atomic E-state index is 0.202. The molecule has 140 valence electrons. The minimum Gasteiger partial charge on any atom is -0.454 e. The number of hydrogen-bond acceptors (Lipinski definition) is 5. The van der Waals surface area contributed by atoms with Gasteiger partial charge in [-0.1, -0.05) is 18.2 Å². The van der Waals surface area contributed by atoms with E-state index in [9.17, 15) is 4.79 Å². The van der Waals surface area contributed by atoms with Crippen molar-refractivity contribution in [2.45, 2.75) is 12.8 Å². The van der Waals surface area contributed by atoms with Gasteiger partial charge in [0, 0.05) is 35.9 Å². The first-order chi connectivity index (χ1) is 13.8. The van der Waals surface area contributed by atoms with Crippen molar-refractivity contribution in [3.05, 3.63) is 72.1 Å². The number of para-hydroxylation sites is 1. The predicted molar refractivity (Wildman–Crippen MR) is 107 cm³/mol. The third-order valence-electron chi connectivity index (χ3n) is 5.03. The Morgan fingerprint density at radius 2 is 1.93 bits per heavy atom. The zero-order chi connectivity index (χ0) is 18.9. The summed E-state index contributed by atoms with van der Waals surface area (Å²) in [6.07, 6.45) is 3.84. The molecule has 6 nitrogen and oxygen atoms in total. The smallest absolute Gasteiger partial charge is 0.274 e. The average Bonchev–Trinajstić information content (AvgIpc) is 3.21. The van der Waals surface area contributed by atoms with Gasteiger partial charge in [-0.3, -0.25) is 9.78 Å². The van der Waals surface area contributed by atoms with Crippen molar-refractivity contribution in [1.29, 1.82) is 0 Å². The van der Waals surface area contributed by atoms with Gasteiger partial charge in [-0.2, -0.15) is 0 Å². The van der Waals surface area contributed by atoms with E-state index in [2.05, 4.69) is 33.4 Å². The molecule has 28 heavy (non-hydrogen) atoms. The predicted octanol–water partition coefficient (Wildman–Crippen LogP) is 4.15. The van der Waals surface area contributed by atoms with Crippen LogP contribution in [0.25, 0.3) is 0 Å². The molecule has 0 saturated heterocycles. The van der Waals surface area contributed by atoms with E-state index in [0.717, 1.165) is 25.1 Å². The van der Waals surface area contributed by atoms with Crippen LogP contribution in [0.1, 0.15) is 22.5 Å². The van der Waals surface area contributed by atoms with Crippen LogP contribution in [0.3, 0.4) is 0 Å². The van der Waals surface area contributed by atoms with Gasteiger partial charge in [-0.05, 0) is 48.7 Å². The Morgan fingerprint density at radius 1 is 1.04 bits per heavy atom. The highest BCUT2D eigenvalue weighted by molar-refractivity contribution is 6.03. The summed E-state index contributed by atoms with van der Waals surface area (Å²) in [6.45, 7) is 1.12. The molecule has 0 unspecified atom stereocenters. The van der Waals surface area contributed by atoms with Gasteiger partial charge in [-0.15, -0.1) is 0 Å². The van der Waals surface area contributed by atoms with E-state index >= 15 is 0 Å². The van der Waals surface area contributed by atoms with E-state index < -0.39 is 0 Å². The standard InChI is InChI=1S/C22H19N3O3/c26-22(24-16-7-8-20-21(12-16)28-14-27-20)18-13-17(9-10-23-18)25-11-3-5-15-4-1-2-6-19(15)25/h1-2,4,6-10,12-13H,3,5,11,14H2,(H,24,26). The molecule has 0 saturated carbocycles. The Labute approximate surface area is 162 Å². The fraction of sp³-hybridized carbons (Fsp3) is 0.182. The number of ether oxygens (including phenoxy) is 2. The van der Waals surface area contributed by atoms with Crippen molar-refractivity contribution in [3.63, 3.8) is 0 Å². The van der Waals surface area contributed by atoms with Crippen molar-refractivity contribution in [2.24, 2.45) is 0 Å². The summed E-state index contributed by atoms with van der Waals surface area (Å²) in [6, 6.07) is 17.5. The molecule has 2 aromatic carbocycles. The van der Waals surface area contributed by atoms with Gasteiger partial charge in [0.05, 0.1) is 0 Å². The van der Waals surface area contributed by atoms with E-state index in [1.165, 1.54) is 11.3 Å². The fourth-order valence-corrected chi connectivity index (χ4v) is 3.68. The number of benzene rings is 2. The lowest BCUT2D eigenvalue weighted by Gasteiger charge is -2.31. The van der Waals surface area contributed by atoms with Gasteiger partial charge < -0.3 is 19.7 Å². The summed E-state index contributed by atoms with van der Waals surface area (Å²) in [5.74, 6) is 1.05. The number of carbonyl (C=O) groups is 1. The maximum Gasteiger partial charge on any atom is 0.274 e. The Kier molecular flexibility index (Phi) is 4.09. The summed E-state index contributed by atoms with van der Waals surface area (Å²) in [4.78, 5) is 19.2. The molecule has 2 aliphatic heterocycles. The van der Waals surface area contributed by atoms with Crippen LogP contribution in [0.4, 0.5) is 17.1 Å². The molecule has 3 aromatic rings. The monoisotopic (exact) mass is 373 g/mol. The summed E-state index contributed by atoms with van der Waals surface area (Å²) in [5, 5.41) is 2.88. The minimum atomic E-state index is -0.258. The lowest BCUT2D eigenvalue weighted by molar-refractivity contribution is 0.102. The number of amides is 1. The first-order valence-corrected chi connectivity index (χ1v) is 9.30. The van der Waals surface area contributed by atoms with E-state index in [1.807, 2.05) is 18.2 Å². The largest absolute Gasteiger partial charge is 0.454 e. The molecule has 2 aliphatic rings. The quantitative estimate of drug-likeness (QED) is 0.747. The maximum atomic E-state index is 12.7. The maximum absolute atomic E-state index is 12.7. The molecule has 1 aromatic heterocycles. The summed E-state index contributed by atoms with van der Waals surface area (Å²) in [7, 11) is 0. The lowest BCUT2D eigenvalue weighted by Crippen LogP contribution is -2.25. The molecule has 0 aliphatic carbocycles. The van der Waals surface area contributed by atoms with Gasteiger partial charge in [0.1, 0.15) is 5.69 Å². The Hall–Kier alpha value is -3.54. The number of rotatable bonds is 3. The van der Waals surface area contributed by atoms with Crippen LogP contribution in [0.2, 0.25) is 0 Å². The molecule has 0 radical (unpaired) electrons. The van der Waals surface area contributed by atoms with Crippen molar-refractivity contribution in [1.82, 2.24) is 4.98 Å². The number of aromatic nitrogens is 1. The van der Waals surface area contributed by atoms with Gasteiger partial charge in [0.25, 0.3) is 5.91 Å². The number of aryl methyl sites for hydroxylation is 1. The zero-order valence-corrected chi connectivity index (χ0v) is 15.2. The number of carbonyl (C=O) groups excluding carboxylic acids is 1. The van der Waals surface area contributed by atoms with Gasteiger partial charge in [0.2, 0.25) is 6.79 Å². The topological polar surface area (TPSA) is 63.7 Å². The van der Waals surface area contributed by atoms with Crippen molar-refractivity contribution in [2.75, 3.05) is 23.6 Å². The van der Waals surface area contributed by atoms with Gasteiger partial charge in [-0.25, -0.2) is 0 Å². The lowest BCUT2D eigenvalue weighted by atomic mass is 10.0. The second-order valence-corrected chi connectivity index (χ2v) is 6.81. The van der Waals surface area contributed by atoms with Crippen molar-refractivity contribution >= 4 is 23.0 Å². The van der Waals surface area contributed by atoms with Crippen molar-refractivity contribution < 1.29 is 14.3 Å². The molecule has 0 bridgehead atoms. The van der Waals surface area contributed by atoms with Crippen LogP contribution >= 0.6 is 0 Å². The first kappa shape index (κ1) is 16.6. The SMILES string of the molecule is O=C(Nc1ccc2c(c1)OCO2)c1cc(N2CCCc3ccccc32)ccn1. The fourth-order valence-electron chi connectivity index (χ4n) is 3.68. The Balaban J connectivity index is 1.39. The Bertz CT molecular complexity index is 1050. The highest BCUT2D eigenvalue weighted by Crippen LogP contribution is 2.35. The normalized spacial score (nSPS) is 14.5. The number of nitrogens with one attached hydrogen (secondary N) is 1. The van der Waals surface area contributed by atoms with E-state index in [1.54, 1.807) is 24.4 Å². The van der Waals surface area contributed by atoms with Crippen LogP contribution in [-0.2, 0) is 6.42 Å². The number of fused-ring (bicyclic) bond motifs is 2. The Morgan fingerprint density at radius 3 is 2.89 bits per heavy atom. The average molecular weight is 373 g/mol. The van der Waals surface area contributed by atoms with Crippen LogP contribution in [0.15, 0.2) is 60.8 Å². The zero-order valence-electron chi connectivity index (χ0n) is 15.2. The van der Waals surface area contributed by atoms with E-state index in [0.29, 0.717) is 22.9 Å². The van der Waals surface area contributed by atoms with Crippen LogP contribution in [0.5, 0.6) is 11.5 Å². The van der Waals surface area contributed by atoms with E-state index in [-0.39, 0.29) is 12.7 Å². The second-order valence-electron chi connectivity index (χ2n) is 6.81. The first-order valence-electron chi connectivity index (χ1n) is 9.30. The molecule has 0 atom stereocenters. The molecular formula is C22H19N3O3.